The molecular weight excluding hydrogens is 558 g/mol. The van der Waals surface area contributed by atoms with E-state index in [9.17, 15) is 6.85 Å². The Morgan fingerprint density at radius 2 is 0.783 bits per heavy atom. The Kier molecular flexibility index (Phi) is 2.48. The Labute approximate surface area is 296 Å². The lowest BCUT2D eigenvalue weighted by molar-refractivity contribution is 1.09. The molecule has 0 atom stereocenters. The molecule has 10 rings (SSSR count). The molecule has 0 aliphatic rings. The minimum absolute atomic E-state index is 0.00471. The molecule has 3 heterocycles. The van der Waals surface area contributed by atoms with Crippen LogP contribution >= 0.6 is 0 Å². The summed E-state index contributed by atoms with van der Waals surface area (Å²) in [6, 6.07) is -8.90. The summed E-state index contributed by atoms with van der Waals surface area (Å²) < 4.78 is 201. The zero-order valence-corrected chi connectivity index (χ0v) is 23.7. The predicted octanol–water partition coefficient (Wildman–Crippen LogP) is 11.3. The first-order valence-corrected chi connectivity index (χ1v) is 14.1. The third kappa shape index (κ3) is 3.43. The van der Waals surface area contributed by atoms with Crippen molar-refractivity contribution in [2.75, 3.05) is 0 Å². The summed E-state index contributed by atoms with van der Waals surface area (Å²) in [7, 11) is 0. The standard InChI is InChI=1S/C43H29N3/c1-28-22-24-40-34(26-28)32-14-4-6-16-36(32)44(40)29-23-25-41-35(27-29)33-15-5-9-19-39(33)46(41)43-21-11-10-20-42(43)45-37-17-7-2-12-30(37)31-13-3-8-18-38(31)45/h2-27H,1H3/i2D,3D,4D,5D,6D,7D,8D,9D,12D,13D,14D,15D,16D,17D,18D,19D,22D,23D,24D,25D,26D,27D. The average Bonchev–Trinajstić information content (AvgIpc) is 3.99. The van der Waals surface area contributed by atoms with Crippen LogP contribution in [0.2, 0.25) is 0 Å². The van der Waals surface area contributed by atoms with Crippen LogP contribution in [0.3, 0.4) is 0 Å². The Balaban J connectivity index is 1.47. The average molecular weight is 610 g/mol. The number of benzene rings is 7. The maximum absolute atomic E-state index is 9.98. The molecule has 0 amide bonds. The minimum Gasteiger partial charge on any atom is -0.309 e. The van der Waals surface area contributed by atoms with E-state index in [1.165, 1.54) is 35.8 Å². The van der Waals surface area contributed by atoms with Crippen LogP contribution in [0.25, 0.3) is 82.5 Å². The minimum atomic E-state index is -0.816. The second-order valence-electron chi connectivity index (χ2n) is 10.6. The fourth-order valence-corrected chi connectivity index (χ4v) is 6.19. The Bertz CT molecular complexity index is 3920. The van der Waals surface area contributed by atoms with Gasteiger partial charge in [0.25, 0.3) is 0 Å². The summed E-state index contributed by atoms with van der Waals surface area (Å²) in [5.74, 6) is 0. The lowest BCUT2D eigenvalue weighted by Crippen LogP contribution is -2.03. The molecule has 0 N–H and O–H groups in total. The number of nitrogens with zero attached hydrogens (tertiary/aromatic N) is 3. The van der Waals surface area contributed by atoms with E-state index in [4.69, 9.17) is 23.3 Å². The van der Waals surface area contributed by atoms with E-state index in [0.29, 0.717) is 0 Å². The quantitative estimate of drug-likeness (QED) is 0.189. The van der Waals surface area contributed by atoms with Crippen molar-refractivity contribution in [2.24, 2.45) is 0 Å². The summed E-state index contributed by atoms with van der Waals surface area (Å²) in [5.41, 5.74) is -2.85. The number of rotatable bonds is 3. The van der Waals surface area contributed by atoms with Crippen molar-refractivity contribution in [3.05, 3.63) is 163 Å². The van der Waals surface area contributed by atoms with Gasteiger partial charge in [-0.05, 0) is 73.4 Å². The van der Waals surface area contributed by atoms with Gasteiger partial charge < -0.3 is 13.7 Å². The van der Waals surface area contributed by atoms with Crippen molar-refractivity contribution < 1.29 is 30.2 Å². The molecule has 0 unspecified atom stereocenters. The molecule has 0 bridgehead atoms. The number of hydrogen-bond acceptors (Lipinski definition) is 0. The maximum atomic E-state index is 9.98. The van der Waals surface area contributed by atoms with E-state index in [1.54, 1.807) is 0 Å². The SMILES string of the molecule is [2H]c1c([2H])c([2H])c2c(c1[2H])c1c([2H])c([2H])c([2H])c([2H])c1n2-c1ccccc1-n1c2c([2H])c([2H])c([2H])c([2H])c2c2c([2H])c(-n3c4c([2H])c([2H])c([2H])c([2H])c4c4c([2H])c(C)c([2H])c([2H])c43)c([2H])c([2H])c21. The van der Waals surface area contributed by atoms with Gasteiger partial charge in [-0.3, -0.25) is 0 Å². The summed E-state index contributed by atoms with van der Waals surface area (Å²) in [4.78, 5) is 0. The molecule has 10 aromatic rings. The molecule has 3 nitrogen and oxygen atoms in total. The lowest BCUT2D eigenvalue weighted by atomic mass is 10.1. The summed E-state index contributed by atoms with van der Waals surface area (Å²) in [6.45, 7) is 1.39. The van der Waals surface area contributed by atoms with Crippen LogP contribution in [-0.2, 0) is 0 Å². The van der Waals surface area contributed by atoms with Crippen LogP contribution in [0.15, 0.2) is 157 Å². The van der Waals surface area contributed by atoms with Crippen molar-refractivity contribution in [1.29, 1.82) is 0 Å². The predicted molar refractivity (Wildman–Crippen MR) is 194 cm³/mol. The van der Waals surface area contributed by atoms with Crippen LogP contribution in [-0.4, -0.2) is 13.7 Å². The van der Waals surface area contributed by atoms with Gasteiger partial charge in [-0.25, -0.2) is 0 Å². The van der Waals surface area contributed by atoms with Crippen LogP contribution in [0.1, 0.15) is 35.7 Å². The molecule has 0 spiro atoms. The topological polar surface area (TPSA) is 14.8 Å². The van der Waals surface area contributed by atoms with Gasteiger partial charge in [-0.1, -0.05) is 96.2 Å². The second kappa shape index (κ2) is 9.47. The first-order chi connectivity index (χ1) is 31.9. The highest BCUT2D eigenvalue weighted by Crippen LogP contribution is 2.40. The summed E-state index contributed by atoms with van der Waals surface area (Å²) in [5, 5.41) is -1.72. The molecule has 0 saturated carbocycles. The monoisotopic (exact) mass is 609 g/mol. The van der Waals surface area contributed by atoms with Gasteiger partial charge in [0, 0.05) is 38.0 Å². The largest absolute Gasteiger partial charge is 0.309 e. The number of fused-ring (bicyclic) bond motifs is 9. The number of aromatic nitrogens is 3. The Hall–Kier alpha value is -6.06. The number of hydrogen-bond donors (Lipinski definition) is 0. The first-order valence-electron chi connectivity index (χ1n) is 25.1. The van der Waals surface area contributed by atoms with E-state index in [-0.39, 0.29) is 82.9 Å². The molecular formula is C43H29N3. The third-order valence-electron chi connectivity index (χ3n) is 8.05. The Morgan fingerprint density at radius 1 is 0.391 bits per heavy atom. The van der Waals surface area contributed by atoms with Crippen LogP contribution in [0, 0.1) is 6.92 Å². The van der Waals surface area contributed by atoms with E-state index < -0.39 is 138 Å². The summed E-state index contributed by atoms with van der Waals surface area (Å²) >= 11 is 0. The van der Waals surface area contributed by atoms with Gasteiger partial charge in [0.1, 0.15) is 0 Å². The third-order valence-corrected chi connectivity index (χ3v) is 8.05. The van der Waals surface area contributed by atoms with E-state index in [0.717, 1.165) is 9.13 Å². The second-order valence-corrected chi connectivity index (χ2v) is 10.6. The molecule has 7 aromatic carbocycles. The highest BCUT2D eigenvalue weighted by atomic mass is 15.1. The molecule has 3 aromatic heterocycles. The van der Waals surface area contributed by atoms with E-state index >= 15 is 0 Å². The van der Waals surface area contributed by atoms with Gasteiger partial charge in [0.05, 0.1) is 74.6 Å². The molecule has 3 heteroatoms. The summed E-state index contributed by atoms with van der Waals surface area (Å²) in [6.07, 6.45) is 0. The zero-order chi connectivity index (χ0) is 49.5. The molecule has 0 saturated heterocycles. The first kappa shape index (κ1) is 12.0. The number of para-hydroxylation sites is 6. The van der Waals surface area contributed by atoms with Crippen LogP contribution < -0.4 is 0 Å². The van der Waals surface area contributed by atoms with Crippen molar-refractivity contribution in [3.63, 3.8) is 0 Å². The van der Waals surface area contributed by atoms with E-state index in [1.807, 2.05) is 0 Å². The van der Waals surface area contributed by atoms with Crippen LogP contribution in [0.5, 0.6) is 0 Å². The van der Waals surface area contributed by atoms with Gasteiger partial charge >= 0.3 is 0 Å². The van der Waals surface area contributed by atoms with Crippen molar-refractivity contribution >= 4 is 65.4 Å². The molecule has 0 radical (unpaired) electrons. The van der Waals surface area contributed by atoms with Gasteiger partial charge in [-0.2, -0.15) is 0 Å². The van der Waals surface area contributed by atoms with Gasteiger partial charge in [-0.15, -0.1) is 0 Å². The Morgan fingerprint density at radius 3 is 1.33 bits per heavy atom. The molecule has 216 valence electrons. The molecule has 0 fully saturated rings. The van der Waals surface area contributed by atoms with Crippen LogP contribution in [0.4, 0.5) is 0 Å². The molecule has 46 heavy (non-hydrogen) atoms. The zero-order valence-electron chi connectivity index (χ0n) is 45.7. The lowest BCUT2D eigenvalue weighted by Gasteiger charge is -2.16. The smallest absolute Gasteiger partial charge is 0.0702 e. The van der Waals surface area contributed by atoms with Gasteiger partial charge in [0.2, 0.25) is 0 Å². The van der Waals surface area contributed by atoms with Crippen molar-refractivity contribution in [1.82, 2.24) is 13.7 Å². The van der Waals surface area contributed by atoms with Gasteiger partial charge in [0.15, 0.2) is 0 Å². The highest BCUT2D eigenvalue weighted by Gasteiger charge is 2.20. The maximum Gasteiger partial charge on any atom is 0.0702 e. The fourth-order valence-electron chi connectivity index (χ4n) is 6.19. The van der Waals surface area contributed by atoms with E-state index in [2.05, 4.69) is 0 Å². The molecule has 0 aliphatic heterocycles. The normalized spacial score (nSPS) is 18.7. The van der Waals surface area contributed by atoms with Crippen molar-refractivity contribution in [3.8, 4) is 17.1 Å². The fraction of sp³-hybridized carbons (Fsp3) is 0.0233. The molecule has 0 aliphatic carbocycles. The van der Waals surface area contributed by atoms with Crippen molar-refractivity contribution in [2.45, 2.75) is 6.92 Å². The highest BCUT2D eigenvalue weighted by molar-refractivity contribution is 6.13.